The van der Waals surface area contributed by atoms with Gasteiger partial charge in [0.1, 0.15) is 5.82 Å². The Morgan fingerprint density at radius 3 is 2.50 bits per heavy atom. The largest absolute Gasteiger partial charge is 0.343 e. The average Bonchev–Trinajstić information content (AvgIpc) is 3.03. The third-order valence-electron chi connectivity index (χ3n) is 6.09. The molecule has 1 aliphatic heterocycles. The first-order valence-electron chi connectivity index (χ1n) is 10.3. The van der Waals surface area contributed by atoms with Gasteiger partial charge >= 0.3 is 0 Å². The van der Waals surface area contributed by atoms with Crippen molar-refractivity contribution in [2.75, 3.05) is 5.32 Å². The van der Waals surface area contributed by atoms with Crippen LogP contribution in [0.25, 0.3) is 5.69 Å². The third kappa shape index (κ3) is 2.98. The van der Waals surface area contributed by atoms with Crippen molar-refractivity contribution < 1.29 is 4.79 Å². The molecule has 2 heterocycles. The molecule has 5 rings (SSSR count). The second-order valence-electron chi connectivity index (χ2n) is 9.01. The molecule has 0 bridgehead atoms. The molecule has 2 aromatic carbocycles. The summed E-state index contributed by atoms with van der Waals surface area (Å²) in [5, 5.41) is 9.14. The molecule has 0 amide bonds. The topological polar surface area (TPSA) is 46.9 Å². The number of aryl methyl sites for hydroxylation is 1. The van der Waals surface area contributed by atoms with Crippen molar-refractivity contribution in [2.24, 2.45) is 5.41 Å². The van der Waals surface area contributed by atoms with Crippen LogP contribution >= 0.6 is 11.6 Å². The molecule has 3 aromatic rings. The Balaban J connectivity index is 1.78. The summed E-state index contributed by atoms with van der Waals surface area (Å²) in [6.07, 6.45) is 1.35. The van der Waals surface area contributed by atoms with E-state index in [1.807, 2.05) is 66.2 Å². The number of ketones is 1. The summed E-state index contributed by atoms with van der Waals surface area (Å²) in [6, 6.07) is 17.9. The quantitative estimate of drug-likeness (QED) is 0.553. The first-order valence-corrected chi connectivity index (χ1v) is 10.7. The van der Waals surface area contributed by atoms with Gasteiger partial charge in [0, 0.05) is 34.2 Å². The summed E-state index contributed by atoms with van der Waals surface area (Å²) in [5.41, 5.74) is 5.61. The number of carbonyl (C=O) groups is 1. The summed E-state index contributed by atoms with van der Waals surface area (Å²) in [7, 11) is 0. The van der Waals surface area contributed by atoms with Gasteiger partial charge in [0.2, 0.25) is 0 Å². The van der Waals surface area contributed by atoms with E-state index in [4.69, 9.17) is 16.7 Å². The minimum absolute atomic E-state index is 0.0852. The van der Waals surface area contributed by atoms with Crippen LogP contribution in [0.15, 0.2) is 65.9 Å². The van der Waals surface area contributed by atoms with Gasteiger partial charge in [-0.25, -0.2) is 4.68 Å². The van der Waals surface area contributed by atoms with Crippen LogP contribution in [0.3, 0.4) is 0 Å². The highest BCUT2D eigenvalue weighted by Gasteiger charge is 2.43. The Kier molecular flexibility index (Phi) is 4.37. The lowest BCUT2D eigenvalue weighted by molar-refractivity contribution is -0.118. The molecule has 0 fully saturated rings. The van der Waals surface area contributed by atoms with E-state index < -0.39 is 0 Å². The van der Waals surface area contributed by atoms with Gasteiger partial charge in [-0.1, -0.05) is 61.8 Å². The van der Waals surface area contributed by atoms with Crippen LogP contribution in [-0.4, -0.2) is 15.6 Å². The van der Waals surface area contributed by atoms with Crippen LogP contribution in [-0.2, 0) is 4.79 Å². The molecule has 5 heteroatoms. The van der Waals surface area contributed by atoms with E-state index in [1.165, 1.54) is 0 Å². The molecule has 1 atom stereocenters. The Labute approximate surface area is 181 Å². The number of allylic oxidation sites excluding steroid dienone is 2. The number of Topliss-reactive ketones (excluding diaryl/α,β-unsaturated/α-hetero) is 1. The average molecular weight is 418 g/mol. The van der Waals surface area contributed by atoms with E-state index in [0.29, 0.717) is 11.4 Å². The van der Waals surface area contributed by atoms with E-state index in [0.717, 1.165) is 46.0 Å². The highest BCUT2D eigenvalue weighted by atomic mass is 35.5. The van der Waals surface area contributed by atoms with E-state index in [1.54, 1.807) is 0 Å². The monoisotopic (exact) mass is 417 g/mol. The van der Waals surface area contributed by atoms with Gasteiger partial charge in [0.05, 0.1) is 11.4 Å². The minimum atomic E-state index is -0.217. The summed E-state index contributed by atoms with van der Waals surface area (Å²) in [4.78, 5) is 13.4. The maximum absolute atomic E-state index is 13.4. The molecule has 152 valence electrons. The van der Waals surface area contributed by atoms with Crippen LogP contribution in [0.5, 0.6) is 0 Å². The number of hydrogen-bond acceptors (Lipinski definition) is 3. The van der Waals surface area contributed by atoms with E-state index in [-0.39, 0.29) is 17.1 Å². The van der Waals surface area contributed by atoms with Crippen LogP contribution in [0.2, 0.25) is 5.02 Å². The Morgan fingerprint density at radius 2 is 1.77 bits per heavy atom. The Morgan fingerprint density at radius 1 is 1.07 bits per heavy atom. The number of benzene rings is 2. The lowest BCUT2D eigenvalue weighted by Gasteiger charge is -2.39. The number of fused-ring (bicyclic) bond motifs is 1. The van der Waals surface area contributed by atoms with Gasteiger partial charge in [-0.15, -0.1) is 0 Å². The number of nitrogens with one attached hydrogen (secondary N) is 1. The lowest BCUT2D eigenvalue weighted by Crippen LogP contribution is -2.34. The van der Waals surface area contributed by atoms with Crippen LogP contribution in [0, 0.1) is 12.3 Å². The Bertz CT molecular complexity index is 1190. The highest BCUT2D eigenvalue weighted by molar-refractivity contribution is 6.31. The molecule has 0 radical (unpaired) electrons. The zero-order valence-electron chi connectivity index (χ0n) is 17.4. The second-order valence-corrected chi connectivity index (χ2v) is 9.41. The summed E-state index contributed by atoms with van der Waals surface area (Å²) in [6.45, 7) is 6.30. The molecule has 4 nitrogen and oxygen atoms in total. The fourth-order valence-corrected chi connectivity index (χ4v) is 5.09. The van der Waals surface area contributed by atoms with Crippen LogP contribution < -0.4 is 5.32 Å². The van der Waals surface area contributed by atoms with Crippen molar-refractivity contribution in [3.8, 4) is 5.69 Å². The number of carbonyl (C=O) groups excluding carboxylic acids is 1. The molecule has 0 unspecified atom stereocenters. The van der Waals surface area contributed by atoms with Crippen molar-refractivity contribution in [3.63, 3.8) is 0 Å². The van der Waals surface area contributed by atoms with E-state index in [9.17, 15) is 4.79 Å². The summed E-state index contributed by atoms with van der Waals surface area (Å²) < 4.78 is 1.95. The normalized spacial score (nSPS) is 19.9. The third-order valence-corrected chi connectivity index (χ3v) is 6.43. The number of hydrogen-bond donors (Lipinski definition) is 1. The van der Waals surface area contributed by atoms with Gasteiger partial charge in [-0.2, -0.15) is 5.10 Å². The SMILES string of the molecule is Cc1nn(-c2ccccc2)c2c1[C@@H](c1ccccc1Cl)C1=C(CC(C)(C)CC1=O)N2. The highest BCUT2D eigenvalue weighted by Crippen LogP contribution is 2.51. The lowest BCUT2D eigenvalue weighted by atomic mass is 9.69. The number of halogens is 1. The maximum atomic E-state index is 13.4. The fraction of sp³-hybridized carbons (Fsp3) is 0.280. The molecule has 1 N–H and O–H groups in total. The molecular weight excluding hydrogens is 394 g/mol. The van der Waals surface area contributed by atoms with E-state index >= 15 is 0 Å². The number of para-hydroxylation sites is 1. The zero-order valence-corrected chi connectivity index (χ0v) is 18.1. The van der Waals surface area contributed by atoms with Crippen molar-refractivity contribution in [1.82, 2.24) is 9.78 Å². The molecule has 1 aromatic heterocycles. The van der Waals surface area contributed by atoms with Crippen molar-refractivity contribution in [1.29, 1.82) is 0 Å². The van der Waals surface area contributed by atoms with Crippen LogP contribution in [0.1, 0.15) is 49.4 Å². The first-order chi connectivity index (χ1) is 14.4. The maximum Gasteiger partial charge on any atom is 0.162 e. The summed E-state index contributed by atoms with van der Waals surface area (Å²) >= 11 is 6.65. The zero-order chi connectivity index (χ0) is 21.0. The minimum Gasteiger partial charge on any atom is -0.343 e. The molecule has 0 saturated carbocycles. The molecular formula is C25H24ClN3O. The molecule has 0 spiro atoms. The fourth-order valence-electron chi connectivity index (χ4n) is 4.85. The van der Waals surface area contributed by atoms with Gasteiger partial charge < -0.3 is 5.32 Å². The van der Waals surface area contributed by atoms with Gasteiger partial charge in [-0.3, -0.25) is 4.79 Å². The molecule has 30 heavy (non-hydrogen) atoms. The number of rotatable bonds is 2. The number of anilines is 1. The Hall–Kier alpha value is -2.85. The van der Waals surface area contributed by atoms with Gasteiger partial charge in [0.25, 0.3) is 0 Å². The predicted octanol–water partition coefficient (Wildman–Crippen LogP) is 6.03. The first kappa shape index (κ1) is 19.1. The van der Waals surface area contributed by atoms with Gasteiger partial charge in [-0.05, 0) is 42.5 Å². The molecule has 2 aliphatic rings. The molecule has 0 saturated heterocycles. The van der Waals surface area contributed by atoms with Crippen LogP contribution in [0.4, 0.5) is 5.82 Å². The van der Waals surface area contributed by atoms with Crippen molar-refractivity contribution in [3.05, 3.63) is 87.7 Å². The van der Waals surface area contributed by atoms with Gasteiger partial charge in [0.15, 0.2) is 5.78 Å². The smallest absolute Gasteiger partial charge is 0.162 e. The van der Waals surface area contributed by atoms with Crippen molar-refractivity contribution in [2.45, 2.75) is 39.5 Å². The standard InChI is InChI=1S/C25H24ClN3O/c1-15-21-22(17-11-7-8-12-18(17)26)23-19(13-25(2,3)14-20(23)30)27-24(21)29(28-15)16-9-5-4-6-10-16/h4-12,22,27H,13-14H2,1-3H3/t22-/m1/s1. The second kappa shape index (κ2) is 6.85. The number of aromatic nitrogens is 2. The predicted molar refractivity (Wildman–Crippen MR) is 120 cm³/mol. The van der Waals surface area contributed by atoms with Crippen molar-refractivity contribution >= 4 is 23.2 Å². The molecule has 1 aliphatic carbocycles. The summed E-state index contributed by atoms with van der Waals surface area (Å²) in [5.74, 6) is 0.898. The van der Waals surface area contributed by atoms with E-state index in [2.05, 4.69) is 19.2 Å². The number of nitrogens with zero attached hydrogens (tertiary/aromatic N) is 2.